The number of amides is 2. The van der Waals surface area contributed by atoms with E-state index in [9.17, 15) is 9.59 Å². The topological polar surface area (TPSA) is 127 Å². The van der Waals surface area contributed by atoms with Gasteiger partial charge in [0.25, 0.3) is 0 Å². The van der Waals surface area contributed by atoms with Gasteiger partial charge in [-0.15, -0.1) is 0 Å². The van der Waals surface area contributed by atoms with Crippen molar-refractivity contribution in [2.75, 3.05) is 5.32 Å². The molecule has 1 aliphatic rings. The summed E-state index contributed by atoms with van der Waals surface area (Å²) in [7, 11) is 1.70. The molecule has 28 heavy (non-hydrogen) atoms. The number of carbonyl (C=O) groups excluding carboxylic acids is 2. The molecular formula is C18H27N7O3. The van der Waals surface area contributed by atoms with E-state index in [-0.39, 0.29) is 36.5 Å². The number of H-pyrrole nitrogens is 1. The van der Waals surface area contributed by atoms with Crippen LogP contribution in [0.4, 0.5) is 10.6 Å². The molecular weight excluding hydrogens is 362 g/mol. The van der Waals surface area contributed by atoms with Crippen molar-refractivity contribution >= 4 is 17.8 Å². The minimum atomic E-state index is -0.360. The maximum atomic E-state index is 12.1. The van der Waals surface area contributed by atoms with E-state index in [4.69, 9.17) is 4.74 Å². The lowest BCUT2D eigenvalue weighted by molar-refractivity contribution is -0.115. The fraction of sp³-hybridized carbons (Fsp3) is 0.611. The van der Waals surface area contributed by atoms with Crippen LogP contribution in [0.15, 0.2) is 12.3 Å². The molecule has 0 radical (unpaired) electrons. The molecule has 0 spiro atoms. The van der Waals surface area contributed by atoms with Crippen molar-refractivity contribution in [3.63, 3.8) is 0 Å². The summed E-state index contributed by atoms with van der Waals surface area (Å²) in [5, 5.41) is 20.8. The van der Waals surface area contributed by atoms with E-state index in [0.717, 1.165) is 31.4 Å². The van der Waals surface area contributed by atoms with Crippen LogP contribution in [0, 0.1) is 0 Å². The summed E-state index contributed by atoms with van der Waals surface area (Å²) in [5.74, 6) is 0.496. The Morgan fingerprint density at radius 1 is 1.43 bits per heavy atom. The van der Waals surface area contributed by atoms with Crippen molar-refractivity contribution in [3.05, 3.63) is 23.7 Å². The lowest BCUT2D eigenvalue weighted by atomic mass is 10.0. The molecule has 3 rings (SSSR count). The summed E-state index contributed by atoms with van der Waals surface area (Å²) in [4.78, 5) is 25.4. The highest BCUT2D eigenvalue weighted by atomic mass is 16.6. The second-order valence-corrected chi connectivity index (χ2v) is 7.25. The summed E-state index contributed by atoms with van der Waals surface area (Å²) in [5.41, 5.74) is 1.53. The molecule has 1 aliphatic carbocycles. The van der Waals surface area contributed by atoms with Crippen LogP contribution in [0.3, 0.4) is 0 Å². The van der Waals surface area contributed by atoms with Crippen molar-refractivity contribution in [1.82, 2.24) is 30.5 Å². The number of nitrogens with one attached hydrogen (secondary N) is 3. The number of anilines is 1. The Morgan fingerprint density at radius 3 is 2.96 bits per heavy atom. The van der Waals surface area contributed by atoms with E-state index in [1.165, 1.54) is 4.80 Å². The van der Waals surface area contributed by atoms with Gasteiger partial charge >= 0.3 is 6.09 Å². The van der Waals surface area contributed by atoms with Crippen molar-refractivity contribution in [2.24, 2.45) is 7.05 Å². The number of carbonyl (C=O) groups is 2. The second kappa shape index (κ2) is 8.85. The lowest BCUT2D eigenvalue weighted by Gasteiger charge is -2.16. The first-order valence-electron chi connectivity index (χ1n) is 9.60. The fourth-order valence-electron chi connectivity index (χ4n) is 3.25. The zero-order valence-electron chi connectivity index (χ0n) is 16.4. The molecule has 2 heterocycles. The molecule has 152 valence electrons. The van der Waals surface area contributed by atoms with Crippen molar-refractivity contribution in [1.29, 1.82) is 0 Å². The Balaban J connectivity index is 1.47. The monoisotopic (exact) mass is 389 g/mol. The standard InChI is InChI=1S/C18H27N7O3/c1-4-11(2)20-18(27)28-14-6-5-12(7-14)15-9-16(23-22-15)21-17(26)8-13-10-19-25(3)24-13/h9-12,14H,4-8H2,1-3H3,(H,20,27)(H2,21,22,23,26)/t11-,12-,14+/m0/s1. The number of aryl methyl sites for hydroxylation is 1. The van der Waals surface area contributed by atoms with Gasteiger partial charge < -0.3 is 15.4 Å². The average Bonchev–Trinajstić information content (AvgIpc) is 3.36. The van der Waals surface area contributed by atoms with Gasteiger partial charge in [0.15, 0.2) is 5.82 Å². The summed E-state index contributed by atoms with van der Waals surface area (Å²) in [6.45, 7) is 3.96. The van der Waals surface area contributed by atoms with Gasteiger partial charge in [-0.05, 0) is 32.6 Å². The van der Waals surface area contributed by atoms with Gasteiger partial charge in [-0.1, -0.05) is 6.92 Å². The fourth-order valence-corrected chi connectivity index (χ4v) is 3.25. The third-order valence-corrected chi connectivity index (χ3v) is 4.93. The maximum absolute atomic E-state index is 12.1. The summed E-state index contributed by atoms with van der Waals surface area (Å²) in [6.07, 6.45) is 4.55. The van der Waals surface area contributed by atoms with Gasteiger partial charge in [-0.3, -0.25) is 9.89 Å². The molecule has 3 N–H and O–H groups in total. The molecule has 0 aliphatic heterocycles. The van der Waals surface area contributed by atoms with Gasteiger partial charge in [0.2, 0.25) is 5.91 Å². The van der Waals surface area contributed by atoms with Gasteiger partial charge in [0.05, 0.1) is 18.3 Å². The third-order valence-electron chi connectivity index (χ3n) is 4.93. The average molecular weight is 389 g/mol. The van der Waals surface area contributed by atoms with E-state index in [2.05, 4.69) is 31.0 Å². The SMILES string of the molecule is CC[C@H](C)NC(=O)O[C@@H]1CC[C@H](c2cc(NC(=O)Cc3cnn(C)n3)n[nH]2)C1. The Bertz CT molecular complexity index is 816. The first-order chi connectivity index (χ1) is 13.4. The van der Waals surface area contributed by atoms with Crippen LogP contribution < -0.4 is 10.6 Å². The minimum absolute atomic E-state index is 0.102. The number of aromatic nitrogens is 5. The third kappa shape index (κ3) is 5.30. The number of hydrogen-bond donors (Lipinski definition) is 3. The van der Waals surface area contributed by atoms with E-state index in [1.807, 2.05) is 19.9 Å². The quantitative estimate of drug-likeness (QED) is 0.663. The first-order valence-corrected chi connectivity index (χ1v) is 9.60. The number of ether oxygens (including phenoxy) is 1. The van der Waals surface area contributed by atoms with E-state index in [1.54, 1.807) is 13.2 Å². The highest BCUT2D eigenvalue weighted by Crippen LogP contribution is 2.35. The smallest absolute Gasteiger partial charge is 0.407 e. The molecule has 0 unspecified atom stereocenters. The van der Waals surface area contributed by atoms with Crippen molar-refractivity contribution in [2.45, 2.75) is 64.0 Å². The van der Waals surface area contributed by atoms with E-state index in [0.29, 0.717) is 11.5 Å². The molecule has 10 heteroatoms. The molecule has 3 atom stereocenters. The Hall–Kier alpha value is -2.91. The summed E-state index contributed by atoms with van der Waals surface area (Å²) in [6, 6.07) is 1.94. The zero-order chi connectivity index (χ0) is 20.1. The van der Waals surface area contributed by atoms with Crippen LogP contribution in [0.5, 0.6) is 0 Å². The number of rotatable bonds is 7. The highest BCUT2D eigenvalue weighted by Gasteiger charge is 2.30. The molecule has 1 saturated carbocycles. The van der Waals surface area contributed by atoms with E-state index < -0.39 is 0 Å². The maximum Gasteiger partial charge on any atom is 0.407 e. The molecule has 10 nitrogen and oxygen atoms in total. The Kier molecular flexibility index (Phi) is 6.27. The Morgan fingerprint density at radius 2 is 2.25 bits per heavy atom. The number of aromatic amines is 1. The summed E-state index contributed by atoms with van der Waals surface area (Å²) >= 11 is 0. The normalized spacial score (nSPS) is 20.0. The van der Waals surface area contributed by atoms with Gasteiger partial charge in [0.1, 0.15) is 6.10 Å². The molecule has 0 saturated heterocycles. The molecule has 2 aromatic heterocycles. The minimum Gasteiger partial charge on any atom is -0.446 e. The number of alkyl carbamates (subject to hydrolysis) is 1. The molecule has 0 aromatic carbocycles. The van der Waals surface area contributed by atoms with Crippen LogP contribution in [0.1, 0.15) is 56.8 Å². The summed E-state index contributed by atoms with van der Waals surface area (Å²) < 4.78 is 5.51. The van der Waals surface area contributed by atoms with Gasteiger partial charge in [-0.2, -0.15) is 20.1 Å². The van der Waals surface area contributed by atoms with Gasteiger partial charge in [-0.25, -0.2) is 4.79 Å². The van der Waals surface area contributed by atoms with Crippen LogP contribution in [-0.4, -0.2) is 49.3 Å². The lowest BCUT2D eigenvalue weighted by Crippen LogP contribution is -2.34. The van der Waals surface area contributed by atoms with Gasteiger partial charge in [0, 0.05) is 30.8 Å². The van der Waals surface area contributed by atoms with Crippen LogP contribution in [0.25, 0.3) is 0 Å². The highest BCUT2D eigenvalue weighted by molar-refractivity contribution is 5.91. The van der Waals surface area contributed by atoms with E-state index >= 15 is 0 Å². The predicted molar refractivity (Wildman–Crippen MR) is 102 cm³/mol. The number of nitrogens with zero attached hydrogens (tertiary/aromatic N) is 4. The van der Waals surface area contributed by atoms with Crippen molar-refractivity contribution in [3.8, 4) is 0 Å². The Labute approximate surface area is 163 Å². The molecule has 2 amide bonds. The molecule has 1 fully saturated rings. The number of hydrogen-bond acceptors (Lipinski definition) is 6. The van der Waals surface area contributed by atoms with Crippen molar-refractivity contribution < 1.29 is 14.3 Å². The predicted octanol–water partition coefficient (Wildman–Crippen LogP) is 1.88. The van der Waals surface area contributed by atoms with Crippen LogP contribution in [-0.2, 0) is 23.0 Å². The van der Waals surface area contributed by atoms with Crippen LogP contribution in [0.2, 0.25) is 0 Å². The molecule has 0 bridgehead atoms. The first kappa shape index (κ1) is 19.8. The zero-order valence-corrected chi connectivity index (χ0v) is 16.4. The molecule has 2 aromatic rings. The largest absolute Gasteiger partial charge is 0.446 e. The second-order valence-electron chi connectivity index (χ2n) is 7.25. The van der Waals surface area contributed by atoms with Crippen LogP contribution >= 0.6 is 0 Å².